The van der Waals surface area contributed by atoms with Crippen molar-refractivity contribution in [2.24, 2.45) is 0 Å². The number of furan rings is 1. The average Bonchev–Trinajstić information content (AvgIpc) is 2.83. The Morgan fingerprint density at radius 3 is 2.75 bits per heavy atom. The Bertz CT molecular complexity index is 417. The van der Waals surface area contributed by atoms with E-state index in [4.69, 9.17) is 4.42 Å². The van der Waals surface area contributed by atoms with E-state index in [0.29, 0.717) is 0 Å². The first-order valence-electron chi connectivity index (χ1n) is 5.38. The number of benzene rings is 1. The Labute approximate surface area is 95.6 Å². The third-order valence-corrected chi connectivity index (χ3v) is 2.29. The van der Waals surface area contributed by atoms with Crippen molar-refractivity contribution in [2.45, 2.75) is 6.54 Å². The smallest absolute Gasteiger partial charge is 0.0974 e. The second-order valence-electron chi connectivity index (χ2n) is 3.58. The van der Waals surface area contributed by atoms with E-state index in [9.17, 15) is 0 Å². The van der Waals surface area contributed by atoms with Crippen molar-refractivity contribution in [1.29, 1.82) is 0 Å². The molecule has 0 unspecified atom stereocenters. The molecule has 0 atom stereocenters. The van der Waals surface area contributed by atoms with Crippen LogP contribution in [0.3, 0.4) is 0 Å². The molecule has 82 valence electrons. The molecule has 2 nitrogen and oxygen atoms in total. The summed E-state index contributed by atoms with van der Waals surface area (Å²) in [5, 5.41) is 3.35. The van der Waals surface area contributed by atoms with Gasteiger partial charge >= 0.3 is 0 Å². The molecule has 2 aromatic rings. The zero-order chi connectivity index (χ0) is 11.1. The molecule has 0 fully saturated rings. The first kappa shape index (κ1) is 10.7. The lowest BCUT2D eigenvalue weighted by molar-refractivity contribution is 0.567. The van der Waals surface area contributed by atoms with Gasteiger partial charge in [0.15, 0.2) is 0 Å². The lowest BCUT2D eigenvalue weighted by Gasteiger charge is -2.00. The maximum Gasteiger partial charge on any atom is 0.0974 e. The van der Waals surface area contributed by atoms with Gasteiger partial charge in [-0.3, -0.25) is 0 Å². The molecule has 1 N–H and O–H groups in total. The van der Waals surface area contributed by atoms with Gasteiger partial charge in [-0.05, 0) is 11.6 Å². The monoisotopic (exact) mass is 213 g/mol. The molecule has 0 radical (unpaired) electrons. The van der Waals surface area contributed by atoms with E-state index in [0.717, 1.165) is 18.7 Å². The van der Waals surface area contributed by atoms with E-state index in [1.54, 1.807) is 12.5 Å². The van der Waals surface area contributed by atoms with E-state index in [2.05, 4.69) is 35.7 Å². The van der Waals surface area contributed by atoms with E-state index in [1.165, 1.54) is 5.56 Å². The van der Waals surface area contributed by atoms with Crippen LogP contribution in [-0.4, -0.2) is 6.54 Å². The van der Waals surface area contributed by atoms with Crippen molar-refractivity contribution in [1.82, 2.24) is 5.32 Å². The largest absolute Gasteiger partial charge is 0.472 e. The Kier molecular flexibility index (Phi) is 3.97. The highest BCUT2D eigenvalue weighted by molar-refractivity contribution is 5.46. The summed E-state index contributed by atoms with van der Waals surface area (Å²) in [6.07, 6.45) is 7.54. The van der Waals surface area contributed by atoms with Crippen LogP contribution < -0.4 is 5.32 Å². The Morgan fingerprint density at radius 1 is 1.12 bits per heavy atom. The maximum atomic E-state index is 4.97. The third-order valence-electron chi connectivity index (χ3n) is 2.29. The Hall–Kier alpha value is -1.80. The summed E-state index contributed by atoms with van der Waals surface area (Å²) in [7, 11) is 0. The van der Waals surface area contributed by atoms with Gasteiger partial charge in [-0.1, -0.05) is 42.5 Å². The molecule has 1 aromatic carbocycles. The van der Waals surface area contributed by atoms with Crippen molar-refractivity contribution in [3.63, 3.8) is 0 Å². The SMILES string of the molecule is C(=C\c1ccoc1)/CNCc1ccccc1. The van der Waals surface area contributed by atoms with Crippen LogP contribution in [0.1, 0.15) is 11.1 Å². The number of hydrogen-bond donors (Lipinski definition) is 1. The minimum absolute atomic E-state index is 0.861. The molecule has 2 rings (SSSR count). The van der Waals surface area contributed by atoms with Crippen molar-refractivity contribution in [2.75, 3.05) is 6.54 Å². The van der Waals surface area contributed by atoms with Crippen LogP contribution in [0.25, 0.3) is 6.08 Å². The molecule has 0 saturated heterocycles. The predicted octanol–water partition coefficient (Wildman–Crippen LogP) is 3.08. The molecular formula is C14H15NO. The van der Waals surface area contributed by atoms with Crippen molar-refractivity contribution >= 4 is 6.08 Å². The van der Waals surface area contributed by atoms with Crippen molar-refractivity contribution < 1.29 is 4.42 Å². The number of nitrogens with one attached hydrogen (secondary N) is 1. The van der Waals surface area contributed by atoms with Gasteiger partial charge < -0.3 is 9.73 Å². The average molecular weight is 213 g/mol. The lowest BCUT2D eigenvalue weighted by Crippen LogP contribution is -2.12. The molecule has 1 aromatic heterocycles. The minimum atomic E-state index is 0.861. The molecular weight excluding hydrogens is 198 g/mol. The van der Waals surface area contributed by atoms with Gasteiger partial charge in [0.05, 0.1) is 12.5 Å². The van der Waals surface area contributed by atoms with Crippen molar-refractivity contribution in [3.05, 3.63) is 66.1 Å². The maximum absolute atomic E-state index is 4.97. The second-order valence-corrected chi connectivity index (χ2v) is 3.58. The normalized spacial score (nSPS) is 11.0. The van der Waals surface area contributed by atoms with Crippen LogP contribution >= 0.6 is 0 Å². The molecule has 0 amide bonds. The standard InChI is InChI=1S/C14H15NO/c1-2-5-13(6-3-1)11-15-9-4-7-14-8-10-16-12-14/h1-8,10,12,15H,9,11H2/b7-4+. The molecule has 0 bridgehead atoms. The van der Waals surface area contributed by atoms with E-state index >= 15 is 0 Å². The highest BCUT2D eigenvalue weighted by atomic mass is 16.3. The van der Waals surface area contributed by atoms with Crippen LogP contribution in [-0.2, 0) is 6.54 Å². The van der Waals surface area contributed by atoms with Gasteiger partial charge in [-0.25, -0.2) is 0 Å². The predicted molar refractivity (Wildman–Crippen MR) is 65.9 cm³/mol. The number of rotatable bonds is 5. The van der Waals surface area contributed by atoms with Gasteiger partial charge in [-0.15, -0.1) is 0 Å². The van der Waals surface area contributed by atoms with E-state index in [1.807, 2.05) is 18.2 Å². The molecule has 1 heterocycles. The van der Waals surface area contributed by atoms with Crippen LogP contribution in [0.4, 0.5) is 0 Å². The Balaban J connectivity index is 1.69. The minimum Gasteiger partial charge on any atom is -0.472 e. The molecule has 0 aliphatic heterocycles. The van der Waals surface area contributed by atoms with Gasteiger partial charge in [0.1, 0.15) is 0 Å². The summed E-state index contributed by atoms with van der Waals surface area (Å²) in [6, 6.07) is 12.3. The second kappa shape index (κ2) is 5.93. The van der Waals surface area contributed by atoms with Crippen LogP contribution in [0.2, 0.25) is 0 Å². The van der Waals surface area contributed by atoms with Gasteiger partial charge in [0, 0.05) is 18.7 Å². The first-order valence-corrected chi connectivity index (χ1v) is 5.38. The summed E-state index contributed by atoms with van der Waals surface area (Å²) in [5.41, 5.74) is 2.40. The van der Waals surface area contributed by atoms with Gasteiger partial charge in [0.25, 0.3) is 0 Å². The highest BCUT2D eigenvalue weighted by Crippen LogP contribution is 2.01. The molecule has 0 spiro atoms. The summed E-state index contributed by atoms with van der Waals surface area (Å²) >= 11 is 0. The van der Waals surface area contributed by atoms with E-state index in [-0.39, 0.29) is 0 Å². The molecule has 0 aliphatic rings. The Morgan fingerprint density at radius 2 is 2.00 bits per heavy atom. The van der Waals surface area contributed by atoms with Crippen molar-refractivity contribution in [3.8, 4) is 0 Å². The van der Waals surface area contributed by atoms with E-state index < -0.39 is 0 Å². The quantitative estimate of drug-likeness (QED) is 0.772. The fourth-order valence-electron chi connectivity index (χ4n) is 1.46. The third kappa shape index (κ3) is 3.41. The summed E-state index contributed by atoms with van der Waals surface area (Å²) < 4.78 is 4.97. The zero-order valence-corrected chi connectivity index (χ0v) is 9.10. The van der Waals surface area contributed by atoms with Crippen LogP contribution in [0.5, 0.6) is 0 Å². The highest BCUT2D eigenvalue weighted by Gasteiger charge is 1.89. The van der Waals surface area contributed by atoms with Crippen LogP contribution in [0.15, 0.2) is 59.4 Å². The first-order chi connectivity index (χ1) is 7.95. The molecule has 16 heavy (non-hydrogen) atoms. The number of hydrogen-bond acceptors (Lipinski definition) is 2. The van der Waals surface area contributed by atoms with Gasteiger partial charge in [0.2, 0.25) is 0 Å². The summed E-state index contributed by atoms with van der Waals surface area (Å²) in [6.45, 7) is 1.76. The van der Waals surface area contributed by atoms with Gasteiger partial charge in [-0.2, -0.15) is 0 Å². The molecule has 0 aliphatic carbocycles. The fraction of sp³-hybridized carbons (Fsp3) is 0.143. The zero-order valence-electron chi connectivity index (χ0n) is 9.10. The topological polar surface area (TPSA) is 25.2 Å². The summed E-state index contributed by atoms with van der Waals surface area (Å²) in [4.78, 5) is 0. The fourth-order valence-corrected chi connectivity index (χ4v) is 1.46. The lowest BCUT2D eigenvalue weighted by atomic mass is 10.2. The molecule has 0 saturated carbocycles. The summed E-state index contributed by atoms with van der Waals surface area (Å²) in [5.74, 6) is 0. The van der Waals surface area contributed by atoms with Crippen LogP contribution in [0, 0.1) is 0 Å². The molecule has 2 heteroatoms.